The largest absolute Gasteiger partial charge is 0.478 e. The first kappa shape index (κ1) is 23.4. The van der Waals surface area contributed by atoms with E-state index in [1.165, 1.54) is 9.13 Å². The molecule has 3 rings (SSSR count). The van der Waals surface area contributed by atoms with Crippen molar-refractivity contribution in [2.75, 3.05) is 0 Å². The standard InChI is InChI=1S/C25H28F2N2O3/c1-5-8-20-21(22(26)27)29(25(2,3)4)24(32)28(20)15-16-11-13-17(14-12-16)18-9-6-7-10-19(18)23(30)31/h6-7,9-14,22H,5,8,15H2,1-4H3,(H,30,31). The predicted octanol–water partition coefficient (Wildman–Crippen LogP) is 5.71. The maximum atomic E-state index is 14.0. The molecule has 0 saturated carbocycles. The average molecular weight is 443 g/mol. The molecule has 5 nitrogen and oxygen atoms in total. The first-order valence-corrected chi connectivity index (χ1v) is 10.6. The number of aromatic nitrogens is 2. The number of imidazole rings is 1. The Morgan fingerprint density at radius 3 is 2.22 bits per heavy atom. The van der Waals surface area contributed by atoms with Crippen molar-refractivity contribution in [2.45, 2.75) is 59.0 Å². The third-order valence-electron chi connectivity index (χ3n) is 5.41. The van der Waals surface area contributed by atoms with Gasteiger partial charge in [-0.2, -0.15) is 0 Å². The smallest absolute Gasteiger partial charge is 0.336 e. The van der Waals surface area contributed by atoms with Crippen LogP contribution in [0.5, 0.6) is 0 Å². The Labute approximate surface area is 185 Å². The summed E-state index contributed by atoms with van der Waals surface area (Å²) >= 11 is 0. The van der Waals surface area contributed by atoms with Crippen LogP contribution in [0.25, 0.3) is 11.1 Å². The van der Waals surface area contributed by atoms with Gasteiger partial charge in [-0.05, 0) is 49.9 Å². The molecule has 0 aliphatic carbocycles. The Morgan fingerprint density at radius 1 is 1.06 bits per heavy atom. The van der Waals surface area contributed by atoms with Gasteiger partial charge in [0.05, 0.1) is 12.1 Å². The predicted molar refractivity (Wildman–Crippen MR) is 121 cm³/mol. The van der Waals surface area contributed by atoms with Gasteiger partial charge >= 0.3 is 11.7 Å². The zero-order chi connectivity index (χ0) is 23.6. The van der Waals surface area contributed by atoms with Crippen LogP contribution in [0.15, 0.2) is 53.3 Å². The SMILES string of the molecule is CCCc1c(C(F)F)n(C(C)(C)C)c(=O)n1Cc1ccc(-c2ccccc2C(=O)O)cc1. The molecule has 0 fully saturated rings. The summed E-state index contributed by atoms with van der Waals surface area (Å²) in [6.07, 6.45) is -1.74. The molecule has 0 unspecified atom stereocenters. The van der Waals surface area contributed by atoms with E-state index >= 15 is 0 Å². The van der Waals surface area contributed by atoms with Crippen molar-refractivity contribution in [3.63, 3.8) is 0 Å². The molecule has 1 N–H and O–H groups in total. The van der Waals surface area contributed by atoms with Gasteiger partial charge in [0.15, 0.2) is 0 Å². The van der Waals surface area contributed by atoms with Crippen LogP contribution in [0, 0.1) is 0 Å². The first-order valence-electron chi connectivity index (χ1n) is 10.6. The number of aromatic carboxylic acids is 1. The number of carboxylic acid groups (broad SMARTS) is 1. The fraction of sp³-hybridized carbons (Fsp3) is 0.360. The van der Waals surface area contributed by atoms with Crippen molar-refractivity contribution in [1.82, 2.24) is 9.13 Å². The van der Waals surface area contributed by atoms with E-state index < -0.39 is 23.6 Å². The highest BCUT2D eigenvalue weighted by Gasteiger charge is 2.31. The number of hydrogen-bond acceptors (Lipinski definition) is 2. The Bertz CT molecular complexity index is 1170. The summed E-state index contributed by atoms with van der Waals surface area (Å²) in [6, 6.07) is 13.9. The maximum absolute atomic E-state index is 14.0. The fourth-order valence-corrected chi connectivity index (χ4v) is 4.03. The summed E-state index contributed by atoms with van der Waals surface area (Å²) in [5.74, 6) is -1.01. The zero-order valence-electron chi connectivity index (χ0n) is 18.7. The van der Waals surface area contributed by atoms with Crippen molar-refractivity contribution >= 4 is 5.97 Å². The van der Waals surface area contributed by atoms with E-state index in [4.69, 9.17) is 0 Å². The number of carbonyl (C=O) groups is 1. The number of nitrogens with zero attached hydrogens (tertiary/aromatic N) is 2. The molecular weight excluding hydrogens is 414 g/mol. The number of carboxylic acids is 1. The van der Waals surface area contributed by atoms with E-state index in [1.54, 1.807) is 69.3 Å². The molecule has 0 bridgehead atoms. The molecule has 170 valence electrons. The van der Waals surface area contributed by atoms with Crippen LogP contribution in [-0.4, -0.2) is 20.2 Å². The number of halogens is 2. The summed E-state index contributed by atoms with van der Waals surface area (Å²) in [6.45, 7) is 7.30. The topological polar surface area (TPSA) is 64.2 Å². The molecule has 0 saturated heterocycles. The van der Waals surface area contributed by atoms with Gasteiger partial charge in [-0.3, -0.25) is 9.13 Å². The second kappa shape index (κ2) is 9.10. The number of benzene rings is 2. The highest BCUT2D eigenvalue weighted by atomic mass is 19.3. The average Bonchev–Trinajstić information content (AvgIpc) is 3.01. The lowest BCUT2D eigenvalue weighted by molar-refractivity contribution is 0.0697. The zero-order valence-corrected chi connectivity index (χ0v) is 18.7. The van der Waals surface area contributed by atoms with Gasteiger partial charge in [0.2, 0.25) is 0 Å². The van der Waals surface area contributed by atoms with E-state index in [0.29, 0.717) is 24.1 Å². The molecule has 0 radical (unpaired) electrons. The van der Waals surface area contributed by atoms with Gasteiger partial charge in [0.25, 0.3) is 6.43 Å². The number of hydrogen-bond donors (Lipinski definition) is 1. The highest BCUT2D eigenvalue weighted by molar-refractivity contribution is 5.95. The van der Waals surface area contributed by atoms with Gasteiger partial charge in [0, 0.05) is 11.2 Å². The first-order chi connectivity index (χ1) is 15.1. The van der Waals surface area contributed by atoms with Crippen LogP contribution in [0.1, 0.15) is 67.9 Å². The van der Waals surface area contributed by atoms with Gasteiger partial charge < -0.3 is 5.11 Å². The number of rotatable bonds is 7. The van der Waals surface area contributed by atoms with Crippen LogP contribution in [0.4, 0.5) is 8.78 Å². The monoisotopic (exact) mass is 442 g/mol. The summed E-state index contributed by atoms with van der Waals surface area (Å²) in [7, 11) is 0. The van der Waals surface area contributed by atoms with Crippen molar-refractivity contribution in [3.8, 4) is 11.1 Å². The molecule has 2 aromatic carbocycles. The minimum absolute atomic E-state index is 0.165. The van der Waals surface area contributed by atoms with E-state index in [2.05, 4.69) is 0 Å². The summed E-state index contributed by atoms with van der Waals surface area (Å²) in [5, 5.41) is 9.43. The minimum atomic E-state index is -2.75. The molecule has 3 aromatic rings. The molecule has 1 heterocycles. The lowest BCUT2D eigenvalue weighted by Gasteiger charge is -2.22. The molecule has 0 aliphatic rings. The van der Waals surface area contributed by atoms with Crippen LogP contribution in [0.3, 0.4) is 0 Å². The second-order valence-corrected chi connectivity index (χ2v) is 8.81. The lowest BCUT2D eigenvalue weighted by Crippen LogP contribution is -2.36. The molecule has 7 heteroatoms. The van der Waals surface area contributed by atoms with Gasteiger partial charge in [-0.25, -0.2) is 18.4 Å². The lowest BCUT2D eigenvalue weighted by atomic mass is 9.99. The summed E-state index contributed by atoms with van der Waals surface area (Å²) < 4.78 is 30.6. The van der Waals surface area contributed by atoms with Crippen LogP contribution < -0.4 is 5.69 Å². The Hall–Kier alpha value is -3.22. The van der Waals surface area contributed by atoms with Gasteiger partial charge in [-0.15, -0.1) is 0 Å². The summed E-state index contributed by atoms with van der Waals surface area (Å²) in [4.78, 5) is 24.7. The highest BCUT2D eigenvalue weighted by Crippen LogP contribution is 2.29. The molecule has 0 aliphatic heterocycles. The molecule has 0 amide bonds. The Kier molecular flexibility index (Phi) is 6.67. The van der Waals surface area contributed by atoms with Gasteiger partial charge in [0.1, 0.15) is 5.69 Å². The fourth-order valence-electron chi connectivity index (χ4n) is 4.03. The normalized spacial score (nSPS) is 11.8. The quantitative estimate of drug-likeness (QED) is 0.510. The van der Waals surface area contributed by atoms with Crippen molar-refractivity contribution in [1.29, 1.82) is 0 Å². The van der Waals surface area contributed by atoms with Crippen molar-refractivity contribution in [2.24, 2.45) is 0 Å². The third kappa shape index (κ3) is 4.52. The molecule has 1 aromatic heterocycles. The maximum Gasteiger partial charge on any atom is 0.336 e. The molecule has 32 heavy (non-hydrogen) atoms. The van der Waals surface area contributed by atoms with E-state index in [0.717, 1.165) is 11.1 Å². The van der Waals surface area contributed by atoms with E-state index in [1.807, 2.05) is 6.92 Å². The van der Waals surface area contributed by atoms with Crippen molar-refractivity contribution in [3.05, 3.63) is 81.5 Å². The molecular formula is C25H28F2N2O3. The number of alkyl halides is 2. The minimum Gasteiger partial charge on any atom is -0.478 e. The van der Waals surface area contributed by atoms with Gasteiger partial charge in [-0.1, -0.05) is 55.8 Å². The van der Waals surface area contributed by atoms with E-state index in [-0.39, 0.29) is 17.8 Å². The second-order valence-electron chi connectivity index (χ2n) is 8.81. The molecule has 0 atom stereocenters. The van der Waals surface area contributed by atoms with Crippen LogP contribution in [0.2, 0.25) is 0 Å². The van der Waals surface area contributed by atoms with Crippen LogP contribution >= 0.6 is 0 Å². The van der Waals surface area contributed by atoms with Crippen molar-refractivity contribution < 1.29 is 18.7 Å². The summed E-state index contributed by atoms with van der Waals surface area (Å²) in [5.41, 5.74) is 1.22. The van der Waals surface area contributed by atoms with Crippen LogP contribution in [-0.2, 0) is 18.5 Å². The Balaban J connectivity index is 2.05. The Morgan fingerprint density at radius 2 is 1.69 bits per heavy atom. The third-order valence-corrected chi connectivity index (χ3v) is 5.41. The van der Waals surface area contributed by atoms with E-state index in [9.17, 15) is 23.5 Å². The molecule has 0 spiro atoms.